The predicted octanol–water partition coefficient (Wildman–Crippen LogP) is 2.96. The summed E-state index contributed by atoms with van der Waals surface area (Å²) in [5.41, 5.74) is 0. The number of rotatable bonds is 12. The van der Waals surface area contributed by atoms with Crippen LogP contribution in [0.25, 0.3) is 0 Å². The molecule has 0 aromatic carbocycles. The number of hydrogen-bond acceptors (Lipinski definition) is 4. The Balaban J connectivity index is 0.00000676. The molecule has 1 aliphatic rings. The second-order valence-electron chi connectivity index (χ2n) is 6.19. The van der Waals surface area contributed by atoms with Crippen molar-refractivity contribution in [3.8, 4) is 0 Å². The van der Waals surface area contributed by atoms with Crippen LogP contribution in [0.1, 0.15) is 32.6 Å². The number of aliphatic imine (C=N–C) groups is 1. The van der Waals surface area contributed by atoms with E-state index >= 15 is 0 Å². The zero-order valence-electron chi connectivity index (χ0n) is 16.0. The second kappa shape index (κ2) is 16.6. The van der Waals surface area contributed by atoms with Crippen molar-refractivity contribution >= 4 is 29.9 Å². The molecule has 0 amide bonds. The average molecular weight is 511 g/mol. The Labute approximate surface area is 177 Å². The van der Waals surface area contributed by atoms with Gasteiger partial charge in [-0.25, -0.2) is 0 Å². The van der Waals surface area contributed by atoms with Crippen LogP contribution in [-0.2, 0) is 14.2 Å². The summed E-state index contributed by atoms with van der Waals surface area (Å²) in [6, 6.07) is 0. The lowest BCUT2D eigenvalue weighted by molar-refractivity contribution is -0.173. The Bertz CT molecular complexity index is 382. The summed E-state index contributed by atoms with van der Waals surface area (Å²) in [6.07, 6.45) is -0.819. The average Bonchev–Trinajstić information content (AvgIpc) is 2.60. The fourth-order valence-electron chi connectivity index (χ4n) is 2.43. The van der Waals surface area contributed by atoms with Gasteiger partial charge < -0.3 is 24.8 Å². The topological polar surface area (TPSA) is 64.1 Å². The van der Waals surface area contributed by atoms with Crippen LogP contribution in [0.5, 0.6) is 0 Å². The van der Waals surface area contributed by atoms with Gasteiger partial charge in [-0.15, -0.1) is 24.0 Å². The lowest BCUT2D eigenvalue weighted by Crippen LogP contribution is -2.38. The summed E-state index contributed by atoms with van der Waals surface area (Å²) in [7, 11) is 0. The van der Waals surface area contributed by atoms with Crippen LogP contribution in [0.3, 0.4) is 0 Å². The van der Waals surface area contributed by atoms with Gasteiger partial charge in [-0.1, -0.05) is 0 Å². The normalized spacial score (nSPS) is 16.1. The molecule has 0 atom stereocenters. The van der Waals surface area contributed by atoms with Crippen LogP contribution in [0.4, 0.5) is 13.2 Å². The van der Waals surface area contributed by atoms with Crippen LogP contribution in [0, 0.1) is 5.92 Å². The molecule has 0 spiro atoms. The number of alkyl halides is 3. The van der Waals surface area contributed by atoms with Gasteiger partial charge in [0, 0.05) is 52.7 Å². The Hall–Kier alpha value is -0.330. The van der Waals surface area contributed by atoms with E-state index in [9.17, 15) is 13.2 Å². The minimum atomic E-state index is -4.27. The van der Waals surface area contributed by atoms with Crippen molar-refractivity contribution in [2.75, 3.05) is 59.3 Å². The summed E-state index contributed by atoms with van der Waals surface area (Å²) >= 11 is 0. The van der Waals surface area contributed by atoms with E-state index in [1.54, 1.807) is 0 Å². The van der Waals surface area contributed by atoms with E-state index in [1.807, 2.05) is 6.92 Å². The molecule has 0 aromatic rings. The van der Waals surface area contributed by atoms with Crippen molar-refractivity contribution in [1.82, 2.24) is 10.6 Å². The standard InChI is InChI=1S/C17H32F3N3O3.HI/c1-2-21-16(23-8-4-10-26-14-17(18,19)20)22-7-3-9-25-13-15-5-11-24-12-6-15;/h15H,2-14H2,1H3,(H2,21,22,23);1H. The maximum absolute atomic E-state index is 11.9. The first-order valence-corrected chi connectivity index (χ1v) is 9.33. The summed E-state index contributed by atoms with van der Waals surface area (Å²) in [4.78, 5) is 4.32. The van der Waals surface area contributed by atoms with Crippen molar-refractivity contribution in [3.63, 3.8) is 0 Å². The third kappa shape index (κ3) is 16.3. The monoisotopic (exact) mass is 511 g/mol. The molecule has 0 bridgehead atoms. The number of hydrogen-bond donors (Lipinski definition) is 2. The predicted molar refractivity (Wildman–Crippen MR) is 110 cm³/mol. The van der Waals surface area contributed by atoms with Crippen LogP contribution in [-0.4, -0.2) is 71.4 Å². The Morgan fingerprint density at radius 3 is 2.48 bits per heavy atom. The van der Waals surface area contributed by atoms with E-state index in [0.29, 0.717) is 31.4 Å². The van der Waals surface area contributed by atoms with E-state index in [2.05, 4.69) is 20.4 Å². The molecule has 1 fully saturated rings. The highest BCUT2D eigenvalue weighted by Gasteiger charge is 2.27. The third-order valence-corrected chi connectivity index (χ3v) is 3.78. The molecule has 162 valence electrons. The van der Waals surface area contributed by atoms with Gasteiger partial charge in [0.25, 0.3) is 0 Å². The molecular weight excluding hydrogens is 478 g/mol. The van der Waals surface area contributed by atoms with Crippen molar-refractivity contribution in [1.29, 1.82) is 0 Å². The molecule has 0 aliphatic carbocycles. The van der Waals surface area contributed by atoms with E-state index in [-0.39, 0.29) is 30.6 Å². The minimum absolute atomic E-state index is 0. The lowest BCUT2D eigenvalue weighted by atomic mass is 10.0. The van der Waals surface area contributed by atoms with Crippen LogP contribution in [0.15, 0.2) is 4.99 Å². The molecule has 1 saturated heterocycles. The molecule has 0 radical (unpaired) electrons. The van der Waals surface area contributed by atoms with E-state index in [1.165, 1.54) is 0 Å². The molecule has 1 heterocycles. The van der Waals surface area contributed by atoms with Gasteiger partial charge in [0.15, 0.2) is 5.96 Å². The molecule has 1 aliphatic heterocycles. The largest absolute Gasteiger partial charge is 0.411 e. The number of nitrogens with one attached hydrogen (secondary N) is 2. The SMILES string of the molecule is CCNC(=NCCCOCC(F)(F)F)NCCCOCC1CCOCC1.I. The highest BCUT2D eigenvalue weighted by Crippen LogP contribution is 2.15. The smallest absolute Gasteiger partial charge is 0.381 e. The lowest BCUT2D eigenvalue weighted by Gasteiger charge is -2.21. The molecule has 6 nitrogen and oxygen atoms in total. The Kier molecular flexibility index (Phi) is 16.4. The Morgan fingerprint density at radius 2 is 1.81 bits per heavy atom. The number of guanidine groups is 1. The van der Waals surface area contributed by atoms with Crippen molar-refractivity contribution in [2.45, 2.75) is 38.8 Å². The summed E-state index contributed by atoms with van der Waals surface area (Å²) in [6.45, 7) is 5.80. The summed E-state index contributed by atoms with van der Waals surface area (Å²) in [5, 5.41) is 6.30. The number of ether oxygens (including phenoxy) is 3. The van der Waals surface area contributed by atoms with Crippen molar-refractivity contribution in [2.24, 2.45) is 10.9 Å². The van der Waals surface area contributed by atoms with Gasteiger partial charge >= 0.3 is 6.18 Å². The van der Waals surface area contributed by atoms with Gasteiger partial charge in [-0.3, -0.25) is 4.99 Å². The molecule has 0 unspecified atom stereocenters. The van der Waals surface area contributed by atoms with Crippen molar-refractivity contribution in [3.05, 3.63) is 0 Å². The zero-order chi connectivity index (χ0) is 19.1. The Morgan fingerprint density at radius 1 is 1.11 bits per heavy atom. The van der Waals surface area contributed by atoms with E-state index < -0.39 is 12.8 Å². The molecule has 0 aromatic heterocycles. The summed E-state index contributed by atoms with van der Waals surface area (Å²) in [5.74, 6) is 1.27. The molecule has 27 heavy (non-hydrogen) atoms. The van der Waals surface area contributed by atoms with Crippen LogP contribution in [0.2, 0.25) is 0 Å². The molecule has 10 heteroatoms. The van der Waals surface area contributed by atoms with Crippen LogP contribution < -0.4 is 10.6 Å². The third-order valence-electron chi connectivity index (χ3n) is 3.78. The van der Waals surface area contributed by atoms with Gasteiger partial charge in [-0.05, 0) is 38.5 Å². The fourth-order valence-corrected chi connectivity index (χ4v) is 2.43. The quantitative estimate of drug-likeness (QED) is 0.183. The van der Waals surface area contributed by atoms with Crippen molar-refractivity contribution < 1.29 is 27.4 Å². The van der Waals surface area contributed by atoms with Gasteiger partial charge in [0.2, 0.25) is 0 Å². The minimum Gasteiger partial charge on any atom is -0.381 e. The molecule has 2 N–H and O–H groups in total. The summed E-state index contributed by atoms with van der Waals surface area (Å²) < 4.78 is 51.4. The number of halogens is 4. The molecule has 1 rings (SSSR count). The first kappa shape index (κ1) is 26.7. The van der Waals surface area contributed by atoms with Crippen LogP contribution >= 0.6 is 24.0 Å². The maximum Gasteiger partial charge on any atom is 0.411 e. The molecule has 0 saturated carbocycles. The van der Waals surface area contributed by atoms with E-state index in [0.717, 1.165) is 52.2 Å². The zero-order valence-corrected chi connectivity index (χ0v) is 18.3. The number of nitrogens with zero attached hydrogens (tertiary/aromatic N) is 1. The highest BCUT2D eigenvalue weighted by molar-refractivity contribution is 14.0. The van der Waals surface area contributed by atoms with E-state index in [4.69, 9.17) is 9.47 Å². The second-order valence-corrected chi connectivity index (χ2v) is 6.19. The van der Waals surface area contributed by atoms with Gasteiger partial charge in [0.05, 0.1) is 0 Å². The highest BCUT2D eigenvalue weighted by atomic mass is 127. The van der Waals surface area contributed by atoms with Gasteiger partial charge in [-0.2, -0.15) is 13.2 Å². The first-order chi connectivity index (χ1) is 12.5. The van der Waals surface area contributed by atoms with Gasteiger partial charge in [0.1, 0.15) is 6.61 Å². The molecular formula is C17H33F3IN3O3. The fraction of sp³-hybridized carbons (Fsp3) is 0.941. The maximum atomic E-state index is 11.9. The first-order valence-electron chi connectivity index (χ1n) is 9.33.